The highest BCUT2D eigenvalue weighted by Crippen LogP contribution is 2.23. The molecule has 0 aliphatic carbocycles. The van der Waals surface area contributed by atoms with E-state index in [2.05, 4.69) is 0 Å². The average Bonchev–Trinajstić information content (AvgIpc) is 3.27. The van der Waals surface area contributed by atoms with Crippen molar-refractivity contribution in [3.05, 3.63) is 77.6 Å². The number of ether oxygens (including phenoxy) is 1. The molecule has 1 heterocycles. The van der Waals surface area contributed by atoms with Crippen LogP contribution in [0.1, 0.15) is 21.7 Å². The second-order valence-electron chi connectivity index (χ2n) is 7.42. The Hall–Kier alpha value is -3.15. The van der Waals surface area contributed by atoms with Crippen LogP contribution in [-0.4, -0.2) is 48.3 Å². The van der Waals surface area contributed by atoms with Crippen LogP contribution in [0.15, 0.2) is 75.1 Å². The summed E-state index contributed by atoms with van der Waals surface area (Å²) in [6.45, 7) is 1.61. The molecule has 176 valence electrons. The van der Waals surface area contributed by atoms with Gasteiger partial charge in [-0.1, -0.05) is 17.7 Å². The van der Waals surface area contributed by atoms with Gasteiger partial charge in [-0.25, -0.2) is 25.9 Å². The van der Waals surface area contributed by atoms with Gasteiger partial charge in [0.1, 0.15) is 12.4 Å². The Balaban J connectivity index is 1.67. The highest BCUT2D eigenvalue weighted by atomic mass is 32.2. The van der Waals surface area contributed by atoms with Crippen molar-refractivity contribution in [2.75, 3.05) is 25.4 Å². The Kier molecular flexibility index (Phi) is 6.96. The minimum atomic E-state index is -3.75. The molecule has 0 bridgehead atoms. The van der Waals surface area contributed by atoms with Crippen LogP contribution in [0.25, 0.3) is 0 Å². The van der Waals surface area contributed by atoms with Gasteiger partial charge < -0.3 is 9.15 Å². The molecule has 9 nitrogen and oxygen atoms in total. The van der Waals surface area contributed by atoms with Crippen LogP contribution >= 0.6 is 0 Å². The van der Waals surface area contributed by atoms with Gasteiger partial charge >= 0.3 is 5.97 Å². The van der Waals surface area contributed by atoms with E-state index in [0.717, 1.165) is 14.2 Å². The average molecular weight is 493 g/mol. The summed E-state index contributed by atoms with van der Waals surface area (Å²) >= 11 is 0. The summed E-state index contributed by atoms with van der Waals surface area (Å²) in [6.07, 6.45) is 0. The van der Waals surface area contributed by atoms with Crippen molar-refractivity contribution < 1.29 is 30.8 Å². The van der Waals surface area contributed by atoms with E-state index in [0.29, 0.717) is 5.69 Å². The SMILES string of the molecule is Cc1ccc(S(=O)(=O)N(C)c2ccc(C(=O)OCc3ccc(S(=O)(=O)N(C)C)o3)cc2)cc1. The maximum atomic E-state index is 12.8. The Labute approximate surface area is 193 Å². The zero-order valence-electron chi connectivity index (χ0n) is 18.5. The predicted molar refractivity (Wildman–Crippen MR) is 122 cm³/mol. The molecule has 1 aromatic heterocycles. The minimum Gasteiger partial charge on any atom is -0.454 e. The molecule has 0 aliphatic rings. The summed E-state index contributed by atoms with van der Waals surface area (Å²) in [6, 6.07) is 15.1. The van der Waals surface area contributed by atoms with E-state index >= 15 is 0 Å². The van der Waals surface area contributed by atoms with E-state index in [1.807, 2.05) is 6.92 Å². The molecule has 0 saturated carbocycles. The second-order valence-corrected chi connectivity index (χ2v) is 11.5. The molecule has 0 amide bonds. The third-order valence-electron chi connectivity index (χ3n) is 4.86. The summed E-state index contributed by atoms with van der Waals surface area (Å²) < 4.78 is 62.3. The first-order valence-corrected chi connectivity index (χ1v) is 12.6. The van der Waals surface area contributed by atoms with E-state index in [1.54, 1.807) is 12.1 Å². The fourth-order valence-corrected chi connectivity index (χ4v) is 4.80. The third kappa shape index (κ3) is 5.27. The molecule has 0 radical (unpaired) electrons. The van der Waals surface area contributed by atoms with Crippen molar-refractivity contribution in [1.82, 2.24) is 4.31 Å². The lowest BCUT2D eigenvalue weighted by Gasteiger charge is -2.19. The van der Waals surface area contributed by atoms with E-state index in [-0.39, 0.29) is 27.9 Å². The van der Waals surface area contributed by atoms with Gasteiger partial charge in [0.05, 0.1) is 16.1 Å². The van der Waals surface area contributed by atoms with Crippen LogP contribution in [0.3, 0.4) is 0 Å². The molecule has 0 saturated heterocycles. The highest BCUT2D eigenvalue weighted by molar-refractivity contribution is 7.92. The minimum absolute atomic E-state index is 0.160. The molecule has 33 heavy (non-hydrogen) atoms. The van der Waals surface area contributed by atoms with Gasteiger partial charge in [-0.3, -0.25) is 4.31 Å². The zero-order chi connectivity index (χ0) is 24.4. The van der Waals surface area contributed by atoms with Gasteiger partial charge in [-0.15, -0.1) is 0 Å². The number of esters is 1. The van der Waals surface area contributed by atoms with Gasteiger partial charge in [0.2, 0.25) is 5.09 Å². The summed E-state index contributed by atoms with van der Waals surface area (Å²) in [5.74, 6) is -0.497. The summed E-state index contributed by atoms with van der Waals surface area (Å²) in [7, 11) is -3.28. The quantitative estimate of drug-likeness (QED) is 0.444. The number of anilines is 1. The summed E-state index contributed by atoms with van der Waals surface area (Å²) in [5, 5.41) is -0.249. The van der Waals surface area contributed by atoms with Crippen LogP contribution in [0, 0.1) is 6.92 Å². The van der Waals surface area contributed by atoms with Gasteiger partial charge in [0.25, 0.3) is 20.0 Å². The molecule has 0 unspecified atom stereocenters. The molecule has 3 rings (SSSR count). The van der Waals surface area contributed by atoms with Crippen LogP contribution in [0.2, 0.25) is 0 Å². The summed E-state index contributed by atoms with van der Waals surface area (Å²) in [4.78, 5) is 12.5. The van der Waals surface area contributed by atoms with Crippen LogP contribution in [-0.2, 0) is 31.4 Å². The smallest absolute Gasteiger partial charge is 0.338 e. The Morgan fingerprint density at radius 3 is 2.03 bits per heavy atom. The number of furan rings is 1. The van der Waals surface area contributed by atoms with Crippen molar-refractivity contribution in [2.24, 2.45) is 0 Å². The predicted octanol–water partition coefficient (Wildman–Crippen LogP) is 3.02. The molecule has 0 aliphatic heterocycles. The Bertz CT molecular complexity index is 1340. The van der Waals surface area contributed by atoms with E-state index in [9.17, 15) is 21.6 Å². The molecule has 11 heteroatoms. The number of hydrogen-bond acceptors (Lipinski definition) is 7. The zero-order valence-corrected chi connectivity index (χ0v) is 20.2. The van der Waals surface area contributed by atoms with Crippen LogP contribution < -0.4 is 4.31 Å². The fourth-order valence-electron chi connectivity index (χ4n) is 2.79. The Morgan fingerprint density at radius 1 is 0.848 bits per heavy atom. The topological polar surface area (TPSA) is 114 Å². The number of carbonyl (C=O) groups excluding carboxylic acids is 1. The van der Waals surface area contributed by atoms with Crippen molar-refractivity contribution in [3.63, 3.8) is 0 Å². The van der Waals surface area contributed by atoms with Crippen molar-refractivity contribution >= 4 is 31.7 Å². The molecule has 0 fully saturated rings. The fraction of sp³-hybridized carbons (Fsp3) is 0.227. The van der Waals surface area contributed by atoms with Gasteiger partial charge in [0, 0.05) is 21.1 Å². The first kappa shape index (κ1) is 24.5. The lowest BCUT2D eigenvalue weighted by molar-refractivity contribution is 0.0440. The monoisotopic (exact) mass is 492 g/mol. The molecule has 0 N–H and O–H groups in total. The lowest BCUT2D eigenvalue weighted by atomic mass is 10.2. The van der Waals surface area contributed by atoms with Crippen molar-refractivity contribution in [3.8, 4) is 0 Å². The molecule has 2 aromatic carbocycles. The number of aryl methyl sites for hydroxylation is 1. The van der Waals surface area contributed by atoms with Crippen LogP contribution in [0.5, 0.6) is 0 Å². The van der Waals surface area contributed by atoms with E-state index in [4.69, 9.17) is 9.15 Å². The number of sulfonamides is 2. The van der Waals surface area contributed by atoms with Gasteiger partial charge in [-0.05, 0) is 55.5 Å². The van der Waals surface area contributed by atoms with E-state index < -0.39 is 26.0 Å². The lowest BCUT2D eigenvalue weighted by Crippen LogP contribution is -2.26. The first-order chi connectivity index (χ1) is 15.4. The maximum Gasteiger partial charge on any atom is 0.338 e. The normalized spacial score (nSPS) is 12.0. The third-order valence-corrected chi connectivity index (χ3v) is 8.35. The Morgan fingerprint density at radius 2 is 1.45 bits per heavy atom. The van der Waals surface area contributed by atoms with Gasteiger partial charge in [0.15, 0.2) is 0 Å². The number of carbonyl (C=O) groups is 1. The maximum absolute atomic E-state index is 12.8. The largest absolute Gasteiger partial charge is 0.454 e. The molecule has 0 atom stereocenters. The van der Waals surface area contributed by atoms with E-state index in [1.165, 1.54) is 69.7 Å². The van der Waals surface area contributed by atoms with Crippen LogP contribution in [0.4, 0.5) is 5.69 Å². The van der Waals surface area contributed by atoms with Crippen molar-refractivity contribution in [2.45, 2.75) is 23.5 Å². The highest BCUT2D eigenvalue weighted by Gasteiger charge is 2.23. The molecular weight excluding hydrogens is 468 g/mol. The number of benzene rings is 2. The summed E-state index contributed by atoms with van der Waals surface area (Å²) in [5.41, 5.74) is 1.52. The number of rotatable bonds is 8. The second kappa shape index (κ2) is 9.38. The van der Waals surface area contributed by atoms with Crippen molar-refractivity contribution in [1.29, 1.82) is 0 Å². The molecule has 0 spiro atoms. The molecular formula is C22H24N2O7S2. The number of nitrogens with zero attached hydrogens (tertiary/aromatic N) is 2. The standard InChI is InChI=1S/C22H24N2O7S2/c1-16-5-12-20(13-6-16)32(26,27)24(4)18-9-7-17(8-10-18)22(25)30-15-19-11-14-21(31-19)33(28,29)23(2)3/h5-14H,15H2,1-4H3. The number of hydrogen-bond donors (Lipinski definition) is 0. The first-order valence-electron chi connectivity index (χ1n) is 9.77. The van der Waals surface area contributed by atoms with Gasteiger partial charge in [-0.2, -0.15) is 0 Å². The molecule has 3 aromatic rings.